The molecule has 1 saturated carbocycles. The normalized spacial score (nSPS) is 17.5. The first-order chi connectivity index (χ1) is 19.3. The highest BCUT2D eigenvalue weighted by atomic mass is 16.6. The molecule has 10 nitrogen and oxygen atoms in total. The van der Waals surface area contributed by atoms with Crippen LogP contribution in [0.5, 0.6) is 5.75 Å². The molecule has 4 N–H and O–H groups in total. The summed E-state index contributed by atoms with van der Waals surface area (Å²) in [5, 5.41) is 5.57. The van der Waals surface area contributed by atoms with Crippen LogP contribution in [0.2, 0.25) is 0 Å². The summed E-state index contributed by atoms with van der Waals surface area (Å²) in [5.41, 5.74) is 6.86. The molecular formula is C31H42N4O6. The molecule has 2 aromatic rings. The van der Waals surface area contributed by atoms with Crippen molar-refractivity contribution in [3.63, 3.8) is 0 Å². The summed E-state index contributed by atoms with van der Waals surface area (Å²) in [6.45, 7) is 9.18. The Morgan fingerprint density at radius 3 is 2.15 bits per heavy atom. The molecule has 4 atom stereocenters. The number of primary amides is 1. The van der Waals surface area contributed by atoms with Gasteiger partial charge in [-0.2, -0.15) is 0 Å². The summed E-state index contributed by atoms with van der Waals surface area (Å²) >= 11 is 0. The molecule has 10 heteroatoms. The van der Waals surface area contributed by atoms with Gasteiger partial charge < -0.3 is 30.7 Å². The lowest BCUT2D eigenvalue weighted by Gasteiger charge is -2.35. The van der Waals surface area contributed by atoms with Crippen LogP contribution in [0.3, 0.4) is 0 Å². The molecule has 0 aliphatic heterocycles. The molecule has 41 heavy (non-hydrogen) atoms. The van der Waals surface area contributed by atoms with Crippen molar-refractivity contribution < 1.29 is 28.7 Å². The van der Waals surface area contributed by atoms with E-state index in [0.717, 1.165) is 12.0 Å². The first-order valence-corrected chi connectivity index (χ1v) is 14.0. The van der Waals surface area contributed by atoms with Gasteiger partial charge in [-0.3, -0.25) is 14.4 Å². The smallest absolute Gasteiger partial charge is 0.408 e. The van der Waals surface area contributed by atoms with Crippen molar-refractivity contribution in [2.45, 2.75) is 84.0 Å². The third-order valence-electron chi connectivity index (χ3n) is 6.94. The third kappa shape index (κ3) is 8.96. The minimum absolute atomic E-state index is 0.0351. The highest BCUT2D eigenvalue weighted by molar-refractivity contribution is 5.99. The number of carbonyl (C=O) groups is 4. The van der Waals surface area contributed by atoms with Crippen LogP contribution in [0.15, 0.2) is 48.5 Å². The van der Waals surface area contributed by atoms with Gasteiger partial charge in [0, 0.05) is 18.2 Å². The third-order valence-corrected chi connectivity index (χ3v) is 6.94. The van der Waals surface area contributed by atoms with Crippen LogP contribution in [0.4, 0.5) is 10.5 Å². The van der Waals surface area contributed by atoms with Crippen molar-refractivity contribution in [1.82, 2.24) is 10.2 Å². The topological polar surface area (TPSA) is 140 Å². The second-order valence-corrected chi connectivity index (χ2v) is 11.4. The monoisotopic (exact) mass is 566 g/mol. The number of hydrogen-bond donors (Lipinski definition) is 3. The number of nitrogens with zero attached hydrogens (tertiary/aromatic N) is 1. The van der Waals surface area contributed by atoms with Crippen LogP contribution in [-0.4, -0.2) is 53.5 Å². The fourth-order valence-corrected chi connectivity index (χ4v) is 4.60. The highest BCUT2D eigenvalue weighted by Gasteiger charge is 2.48. The van der Waals surface area contributed by atoms with E-state index in [-0.39, 0.29) is 24.8 Å². The number of nitrogens with two attached hydrogens (primary N) is 1. The summed E-state index contributed by atoms with van der Waals surface area (Å²) in [6, 6.07) is 12.1. The first-order valence-electron chi connectivity index (χ1n) is 14.0. The maximum absolute atomic E-state index is 14.3. The molecule has 4 amide bonds. The highest BCUT2D eigenvalue weighted by Crippen LogP contribution is 2.41. The van der Waals surface area contributed by atoms with Crippen LogP contribution in [0.25, 0.3) is 0 Å². The van der Waals surface area contributed by atoms with Crippen molar-refractivity contribution in [3.05, 3.63) is 59.7 Å². The van der Waals surface area contributed by atoms with Gasteiger partial charge in [-0.25, -0.2) is 4.79 Å². The van der Waals surface area contributed by atoms with Crippen molar-refractivity contribution in [2.75, 3.05) is 12.4 Å². The number of hydrogen-bond acceptors (Lipinski definition) is 6. The SMILES string of the molecule is CCc1ccc(C(C(=O)Nc2ccc(OC)cc2)N(C(=O)C(CCC(N)=O)NC(=O)OC(C)(C)C)C2CC2C)cc1. The first kappa shape index (κ1) is 31.4. The number of benzene rings is 2. The number of anilines is 1. The number of nitrogens with one attached hydrogen (secondary N) is 2. The van der Waals surface area contributed by atoms with Crippen LogP contribution < -0.4 is 21.1 Å². The Kier molecular flexibility index (Phi) is 10.4. The van der Waals surface area contributed by atoms with E-state index in [1.807, 2.05) is 38.1 Å². The molecule has 3 rings (SSSR count). The zero-order valence-electron chi connectivity index (χ0n) is 24.7. The van der Waals surface area contributed by atoms with E-state index in [1.165, 1.54) is 0 Å². The Morgan fingerprint density at radius 2 is 1.66 bits per heavy atom. The number of carbonyl (C=O) groups excluding carboxylic acids is 4. The van der Waals surface area contributed by atoms with E-state index >= 15 is 0 Å². The zero-order valence-corrected chi connectivity index (χ0v) is 24.7. The molecule has 1 aliphatic rings. The molecule has 1 fully saturated rings. The molecule has 0 bridgehead atoms. The molecule has 0 saturated heterocycles. The lowest BCUT2D eigenvalue weighted by Crippen LogP contribution is -2.53. The predicted molar refractivity (Wildman–Crippen MR) is 156 cm³/mol. The fourth-order valence-electron chi connectivity index (χ4n) is 4.60. The van der Waals surface area contributed by atoms with Crippen LogP contribution in [0.1, 0.15) is 71.0 Å². The summed E-state index contributed by atoms with van der Waals surface area (Å²) in [6.07, 6.45) is 0.553. The van der Waals surface area contributed by atoms with Crippen molar-refractivity contribution >= 4 is 29.5 Å². The van der Waals surface area contributed by atoms with E-state index in [2.05, 4.69) is 10.6 Å². The van der Waals surface area contributed by atoms with Crippen LogP contribution in [-0.2, 0) is 25.5 Å². The number of rotatable bonds is 12. The number of aryl methyl sites for hydroxylation is 1. The second kappa shape index (κ2) is 13.5. The number of amides is 4. The van der Waals surface area contributed by atoms with E-state index in [1.54, 1.807) is 57.0 Å². The average molecular weight is 567 g/mol. The minimum Gasteiger partial charge on any atom is -0.497 e. The van der Waals surface area contributed by atoms with E-state index in [4.69, 9.17) is 15.2 Å². The predicted octanol–water partition coefficient (Wildman–Crippen LogP) is 4.33. The molecule has 2 aromatic carbocycles. The Balaban J connectivity index is 2.02. The Hall–Kier alpha value is -4.08. The largest absolute Gasteiger partial charge is 0.497 e. The Bertz CT molecular complexity index is 1220. The summed E-state index contributed by atoms with van der Waals surface area (Å²) in [5.74, 6) is -0.713. The summed E-state index contributed by atoms with van der Waals surface area (Å²) in [7, 11) is 1.56. The molecule has 0 spiro atoms. The van der Waals surface area contributed by atoms with Gasteiger partial charge in [0.15, 0.2) is 0 Å². The number of ether oxygens (including phenoxy) is 2. The maximum atomic E-state index is 14.3. The number of methoxy groups -OCH3 is 1. The average Bonchev–Trinajstić information content (AvgIpc) is 3.64. The Labute approximate surface area is 241 Å². The lowest BCUT2D eigenvalue weighted by molar-refractivity contribution is -0.142. The lowest BCUT2D eigenvalue weighted by atomic mass is 9.99. The maximum Gasteiger partial charge on any atom is 0.408 e. The Morgan fingerprint density at radius 1 is 1.05 bits per heavy atom. The zero-order chi connectivity index (χ0) is 30.3. The van der Waals surface area contributed by atoms with Gasteiger partial charge in [-0.05, 0) is 81.3 Å². The number of alkyl carbamates (subject to hydrolysis) is 1. The van der Waals surface area contributed by atoms with Gasteiger partial charge in [0.2, 0.25) is 11.8 Å². The van der Waals surface area contributed by atoms with E-state index in [9.17, 15) is 19.2 Å². The molecule has 1 aliphatic carbocycles. The van der Waals surface area contributed by atoms with E-state index in [0.29, 0.717) is 23.4 Å². The van der Waals surface area contributed by atoms with Gasteiger partial charge in [0.1, 0.15) is 23.4 Å². The molecule has 222 valence electrons. The quantitative estimate of drug-likeness (QED) is 0.349. The van der Waals surface area contributed by atoms with Crippen molar-refractivity contribution in [2.24, 2.45) is 11.7 Å². The fraction of sp³-hybridized carbons (Fsp3) is 0.484. The summed E-state index contributed by atoms with van der Waals surface area (Å²) in [4.78, 5) is 54.2. The summed E-state index contributed by atoms with van der Waals surface area (Å²) < 4.78 is 10.6. The van der Waals surface area contributed by atoms with Crippen LogP contribution in [0, 0.1) is 5.92 Å². The molecule has 0 aromatic heterocycles. The molecule has 0 heterocycles. The van der Waals surface area contributed by atoms with Gasteiger partial charge in [0.05, 0.1) is 7.11 Å². The van der Waals surface area contributed by atoms with Crippen molar-refractivity contribution in [3.8, 4) is 5.75 Å². The van der Waals surface area contributed by atoms with Gasteiger partial charge in [-0.15, -0.1) is 0 Å². The van der Waals surface area contributed by atoms with Crippen LogP contribution >= 0.6 is 0 Å². The van der Waals surface area contributed by atoms with Gasteiger partial charge in [0.25, 0.3) is 5.91 Å². The molecule has 4 unspecified atom stereocenters. The van der Waals surface area contributed by atoms with Crippen molar-refractivity contribution in [1.29, 1.82) is 0 Å². The van der Waals surface area contributed by atoms with Gasteiger partial charge >= 0.3 is 6.09 Å². The van der Waals surface area contributed by atoms with E-state index < -0.39 is 41.5 Å². The van der Waals surface area contributed by atoms with Gasteiger partial charge in [-0.1, -0.05) is 38.1 Å². The molecule has 0 radical (unpaired) electrons. The standard InChI is InChI=1S/C31H42N4O6/c1-7-20-8-10-21(11-9-20)27(28(37)33-22-12-14-23(40-6)15-13-22)35(25-18-19(25)2)29(38)24(16-17-26(32)36)34-30(39)41-31(3,4)5/h8-15,19,24-25,27H,7,16-18H2,1-6H3,(H2,32,36)(H,33,37)(H,34,39). The second-order valence-electron chi connectivity index (χ2n) is 11.4. The minimum atomic E-state index is -1.13. The molecular weight excluding hydrogens is 524 g/mol.